The molecule has 0 bridgehead atoms. The number of amides is 1. The quantitative estimate of drug-likeness (QED) is 0.846. The molecule has 3 nitrogen and oxygen atoms in total. The highest BCUT2D eigenvalue weighted by Gasteiger charge is 2.38. The second-order valence-corrected chi connectivity index (χ2v) is 5.98. The lowest BCUT2D eigenvalue weighted by Crippen LogP contribution is -2.50. The Balaban J connectivity index is 1.45. The van der Waals surface area contributed by atoms with Gasteiger partial charge in [-0.3, -0.25) is 9.78 Å². The molecule has 1 amide bonds. The summed E-state index contributed by atoms with van der Waals surface area (Å²) in [6.45, 7) is 1.63. The number of aromatic nitrogens is 1. The number of aryl methyl sites for hydroxylation is 1. The number of pyridine rings is 1. The molecule has 0 radical (unpaired) electrons. The molecule has 21 heavy (non-hydrogen) atoms. The molecule has 0 spiro atoms. The van der Waals surface area contributed by atoms with E-state index >= 15 is 0 Å². The molecule has 1 aromatic carbocycles. The zero-order chi connectivity index (χ0) is 14.2. The van der Waals surface area contributed by atoms with Crippen molar-refractivity contribution in [2.75, 3.05) is 13.1 Å². The summed E-state index contributed by atoms with van der Waals surface area (Å²) in [5, 5.41) is 0. The van der Waals surface area contributed by atoms with Gasteiger partial charge in [0.25, 0.3) is 0 Å². The standard InChI is InChI=1S/C18H18N2O/c21-18(16-9-8-13-5-1-2-6-15(13)16)20-11-14(12-20)17-7-3-4-10-19-17/h1-7,10,14,16H,8-9,11-12H2/t16-/m1/s1. The smallest absolute Gasteiger partial charge is 0.230 e. The topological polar surface area (TPSA) is 33.2 Å². The van der Waals surface area contributed by atoms with E-state index in [0.717, 1.165) is 31.6 Å². The van der Waals surface area contributed by atoms with Gasteiger partial charge in [-0.2, -0.15) is 0 Å². The van der Waals surface area contributed by atoms with E-state index in [9.17, 15) is 4.79 Å². The highest BCUT2D eigenvalue weighted by atomic mass is 16.2. The number of benzene rings is 1. The van der Waals surface area contributed by atoms with E-state index in [0.29, 0.717) is 11.8 Å². The normalized spacial score (nSPS) is 21.0. The summed E-state index contributed by atoms with van der Waals surface area (Å²) in [5.41, 5.74) is 3.69. The van der Waals surface area contributed by atoms with Gasteiger partial charge in [0.05, 0.1) is 5.92 Å². The van der Waals surface area contributed by atoms with Gasteiger partial charge in [-0.25, -0.2) is 0 Å². The molecule has 3 heteroatoms. The van der Waals surface area contributed by atoms with Crippen molar-refractivity contribution in [3.63, 3.8) is 0 Å². The Morgan fingerprint density at radius 3 is 2.71 bits per heavy atom. The van der Waals surface area contributed by atoms with Gasteiger partial charge in [0.2, 0.25) is 5.91 Å². The van der Waals surface area contributed by atoms with Crippen molar-refractivity contribution in [3.05, 3.63) is 65.5 Å². The van der Waals surface area contributed by atoms with Crippen molar-refractivity contribution in [1.82, 2.24) is 9.88 Å². The Hall–Kier alpha value is -2.16. The van der Waals surface area contributed by atoms with Gasteiger partial charge in [-0.05, 0) is 36.1 Å². The van der Waals surface area contributed by atoms with Crippen LogP contribution in [0.1, 0.15) is 35.1 Å². The average Bonchev–Trinajstić information content (AvgIpc) is 2.90. The third kappa shape index (κ3) is 2.13. The molecule has 2 aromatic rings. The van der Waals surface area contributed by atoms with E-state index in [-0.39, 0.29) is 5.92 Å². The molecular weight excluding hydrogens is 260 g/mol. The van der Waals surface area contributed by atoms with Crippen LogP contribution in [0.2, 0.25) is 0 Å². The fourth-order valence-electron chi connectivity index (χ4n) is 3.50. The van der Waals surface area contributed by atoms with E-state index in [1.165, 1.54) is 11.1 Å². The Bertz CT molecular complexity index is 662. The molecule has 1 saturated heterocycles. The van der Waals surface area contributed by atoms with Crippen molar-refractivity contribution >= 4 is 5.91 Å². The van der Waals surface area contributed by atoms with Crippen molar-refractivity contribution in [2.45, 2.75) is 24.7 Å². The first-order valence-corrected chi connectivity index (χ1v) is 7.60. The zero-order valence-electron chi connectivity index (χ0n) is 11.9. The summed E-state index contributed by atoms with van der Waals surface area (Å²) in [7, 11) is 0. The molecule has 1 aliphatic carbocycles. The summed E-state index contributed by atoms with van der Waals surface area (Å²) in [6.07, 6.45) is 3.82. The molecular formula is C18H18N2O. The SMILES string of the molecule is O=C([C@@H]1CCc2ccccc21)N1CC(c2ccccn2)C1. The molecule has 1 aromatic heterocycles. The molecule has 1 atom stereocenters. The highest BCUT2D eigenvalue weighted by molar-refractivity contribution is 5.85. The fraction of sp³-hybridized carbons (Fsp3) is 0.333. The highest BCUT2D eigenvalue weighted by Crippen LogP contribution is 2.37. The Morgan fingerprint density at radius 2 is 1.90 bits per heavy atom. The fourth-order valence-corrected chi connectivity index (χ4v) is 3.50. The van der Waals surface area contributed by atoms with Gasteiger partial charge in [-0.1, -0.05) is 30.3 Å². The molecule has 1 fully saturated rings. The minimum Gasteiger partial charge on any atom is -0.341 e. The van der Waals surface area contributed by atoms with E-state index in [4.69, 9.17) is 0 Å². The first-order chi connectivity index (χ1) is 10.3. The van der Waals surface area contributed by atoms with Crippen molar-refractivity contribution in [1.29, 1.82) is 0 Å². The number of hydrogen-bond acceptors (Lipinski definition) is 2. The van der Waals surface area contributed by atoms with Gasteiger partial charge in [-0.15, -0.1) is 0 Å². The molecule has 2 aliphatic rings. The van der Waals surface area contributed by atoms with Gasteiger partial charge in [0.1, 0.15) is 0 Å². The predicted molar refractivity (Wildman–Crippen MR) is 81.1 cm³/mol. The number of carbonyl (C=O) groups is 1. The maximum Gasteiger partial charge on any atom is 0.230 e. The van der Waals surface area contributed by atoms with Crippen LogP contribution in [0.25, 0.3) is 0 Å². The molecule has 1 aliphatic heterocycles. The van der Waals surface area contributed by atoms with Crippen LogP contribution >= 0.6 is 0 Å². The Kier molecular flexibility index (Phi) is 2.99. The Labute approximate surface area is 124 Å². The van der Waals surface area contributed by atoms with Crippen LogP contribution in [-0.2, 0) is 11.2 Å². The van der Waals surface area contributed by atoms with Crippen LogP contribution < -0.4 is 0 Å². The van der Waals surface area contributed by atoms with Crippen LogP contribution in [0.3, 0.4) is 0 Å². The lowest BCUT2D eigenvalue weighted by Gasteiger charge is -2.40. The second-order valence-electron chi connectivity index (χ2n) is 5.98. The number of carbonyl (C=O) groups excluding carboxylic acids is 1. The monoisotopic (exact) mass is 278 g/mol. The molecule has 0 saturated carbocycles. The molecule has 4 rings (SSSR count). The first-order valence-electron chi connectivity index (χ1n) is 7.60. The summed E-state index contributed by atoms with van der Waals surface area (Å²) < 4.78 is 0. The van der Waals surface area contributed by atoms with Crippen LogP contribution in [0.15, 0.2) is 48.7 Å². The minimum absolute atomic E-state index is 0.0749. The molecule has 2 heterocycles. The largest absolute Gasteiger partial charge is 0.341 e. The van der Waals surface area contributed by atoms with E-state index < -0.39 is 0 Å². The third-order valence-corrected chi connectivity index (χ3v) is 4.73. The summed E-state index contributed by atoms with van der Waals surface area (Å²) in [4.78, 5) is 19.1. The molecule has 106 valence electrons. The first kappa shape index (κ1) is 12.6. The summed E-state index contributed by atoms with van der Waals surface area (Å²) in [6, 6.07) is 14.4. The number of fused-ring (bicyclic) bond motifs is 1. The van der Waals surface area contributed by atoms with E-state index in [1.54, 1.807) is 0 Å². The van der Waals surface area contributed by atoms with Crippen LogP contribution in [0.4, 0.5) is 0 Å². The lowest BCUT2D eigenvalue weighted by molar-refractivity contribution is -0.137. The van der Waals surface area contributed by atoms with Gasteiger partial charge < -0.3 is 4.90 Å². The van der Waals surface area contributed by atoms with Crippen LogP contribution in [0, 0.1) is 0 Å². The van der Waals surface area contributed by atoms with Crippen molar-refractivity contribution < 1.29 is 4.79 Å². The van der Waals surface area contributed by atoms with Crippen molar-refractivity contribution in [3.8, 4) is 0 Å². The maximum absolute atomic E-state index is 12.7. The lowest BCUT2D eigenvalue weighted by atomic mass is 9.92. The maximum atomic E-state index is 12.7. The number of likely N-dealkylation sites (tertiary alicyclic amines) is 1. The third-order valence-electron chi connectivity index (χ3n) is 4.73. The van der Waals surface area contributed by atoms with Crippen LogP contribution in [0.5, 0.6) is 0 Å². The minimum atomic E-state index is 0.0749. The van der Waals surface area contributed by atoms with Crippen LogP contribution in [-0.4, -0.2) is 28.9 Å². The van der Waals surface area contributed by atoms with Crippen molar-refractivity contribution in [2.24, 2.45) is 0 Å². The number of nitrogens with zero attached hydrogens (tertiary/aromatic N) is 2. The molecule has 0 unspecified atom stereocenters. The van der Waals surface area contributed by atoms with Gasteiger partial charge >= 0.3 is 0 Å². The Morgan fingerprint density at radius 1 is 1.10 bits per heavy atom. The number of hydrogen-bond donors (Lipinski definition) is 0. The van der Waals surface area contributed by atoms with Gasteiger partial charge in [0, 0.05) is 30.9 Å². The molecule has 0 N–H and O–H groups in total. The second kappa shape index (κ2) is 4.99. The van der Waals surface area contributed by atoms with Gasteiger partial charge in [0.15, 0.2) is 0 Å². The predicted octanol–water partition coefficient (Wildman–Crippen LogP) is 2.74. The summed E-state index contributed by atoms with van der Waals surface area (Å²) in [5.74, 6) is 0.782. The zero-order valence-corrected chi connectivity index (χ0v) is 11.9. The average molecular weight is 278 g/mol. The summed E-state index contributed by atoms with van der Waals surface area (Å²) >= 11 is 0. The van der Waals surface area contributed by atoms with E-state index in [2.05, 4.69) is 29.2 Å². The number of rotatable bonds is 2. The van der Waals surface area contributed by atoms with E-state index in [1.807, 2.05) is 29.3 Å².